The number of amides is 2. The normalized spacial score (nSPS) is 9.88. The first-order valence-electron chi connectivity index (χ1n) is 7.25. The van der Waals surface area contributed by atoms with Gasteiger partial charge in [0.05, 0.1) is 5.56 Å². The summed E-state index contributed by atoms with van der Waals surface area (Å²) in [7, 11) is 0. The number of rotatable bonds is 4. The van der Waals surface area contributed by atoms with Crippen LogP contribution in [-0.2, 0) is 11.2 Å². The maximum Gasteiger partial charge on any atom is 0.270 e. The first kappa shape index (κ1) is 18.1. The molecule has 0 heterocycles. The van der Waals surface area contributed by atoms with E-state index in [9.17, 15) is 9.59 Å². The monoisotopic (exact) mass is 405 g/mol. The molecule has 2 aromatic carbocycles. The topological polar surface area (TPSA) is 70.2 Å². The summed E-state index contributed by atoms with van der Waals surface area (Å²) >= 11 is 8.29. The Morgan fingerprint density at radius 2 is 1.62 bits per heavy atom. The van der Waals surface area contributed by atoms with Crippen molar-refractivity contribution >= 4 is 45.1 Å². The van der Waals surface area contributed by atoms with Crippen LogP contribution in [0, 0.1) is 0 Å². The fraction of sp³-hybridized carbons (Fsp3) is 0.118. The van der Waals surface area contributed by atoms with Crippen molar-refractivity contribution in [2.45, 2.75) is 12.8 Å². The highest BCUT2D eigenvalue weighted by atomic mass is 79.9. The Bertz CT molecular complexity index is 738. The van der Waals surface area contributed by atoms with Gasteiger partial charge in [0.15, 0.2) is 5.11 Å². The van der Waals surface area contributed by atoms with Crippen LogP contribution < -0.4 is 16.2 Å². The number of benzene rings is 2. The van der Waals surface area contributed by atoms with Crippen molar-refractivity contribution in [1.29, 1.82) is 0 Å². The summed E-state index contributed by atoms with van der Waals surface area (Å²) in [5, 5.41) is 2.58. The van der Waals surface area contributed by atoms with Gasteiger partial charge in [0.2, 0.25) is 5.91 Å². The van der Waals surface area contributed by atoms with Crippen molar-refractivity contribution in [2.75, 3.05) is 0 Å². The van der Waals surface area contributed by atoms with Gasteiger partial charge >= 0.3 is 0 Å². The van der Waals surface area contributed by atoms with Crippen molar-refractivity contribution < 1.29 is 9.59 Å². The molecular weight excluding hydrogens is 390 g/mol. The first-order valence-corrected chi connectivity index (χ1v) is 8.45. The zero-order chi connectivity index (χ0) is 17.4. The van der Waals surface area contributed by atoms with E-state index in [0.717, 1.165) is 5.56 Å². The van der Waals surface area contributed by atoms with E-state index in [1.54, 1.807) is 18.2 Å². The number of nitrogens with one attached hydrogen (secondary N) is 3. The molecule has 0 radical (unpaired) electrons. The number of hydrazine groups is 1. The SMILES string of the molecule is O=C(CCc1ccccc1)NC(=S)NNC(=O)c1ccccc1Br. The molecule has 3 N–H and O–H groups in total. The molecule has 0 saturated carbocycles. The van der Waals surface area contributed by atoms with Crippen LogP contribution in [0.3, 0.4) is 0 Å². The molecule has 24 heavy (non-hydrogen) atoms. The maximum atomic E-state index is 12.0. The molecule has 7 heteroatoms. The van der Waals surface area contributed by atoms with Crippen molar-refractivity contribution in [3.05, 3.63) is 70.2 Å². The molecule has 0 fully saturated rings. The number of aryl methyl sites for hydroxylation is 1. The molecule has 0 spiro atoms. The van der Waals surface area contributed by atoms with Gasteiger partial charge in [-0.05, 0) is 52.3 Å². The van der Waals surface area contributed by atoms with Gasteiger partial charge in [-0.2, -0.15) is 0 Å². The molecule has 0 unspecified atom stereocenters. The quantitative estimate of drug-likeness (QED) is 0.540. The second-order valence-corrected chi connectivity index (χ2v) is 6.18. The van der Waals surface area contributed by atoms with E-state index < -0.39 is 0 Å². The Kier molecular flexibility index (Phi) is 6.89. The fourth-order valence-corrected chi connectivity index (χ4v) is 2.58. The Morgan fingerprint density at radius 3 is 2.33 bits per heavy atom. The highest BCUT2D eigenvalue weighted by molar-refractivity contribution is 9.10. The molecule has 0 bridgehead atoms. The number of carbonyl (C=O) groups excluding carboxylic acids is 2. The van der Waals surface area contributed by atoms with Crippen LogP contribution in [0.15, 0.2) is 59.1 Å². The summed E-state index contributed by atoms with van der Waals surface area (Å²) in [5.41, 5.74) is 6.50. The number of halogens is 1. The van der Waals surface area contributed by atoms with Crippen LogP contribution in [0.25, 0.3) is 0 Å². The third-order valence-corrected chi connectivity index (χ3v) is 4.04. The summed E-state index contributed by atoms with van der Waals surface area (Å²) in [6.07, 6.45) is 0.933. The summed E-state index contributed by atoms with van der Waals surface area (Å²) < 4.78 is 0.669. The Hall–Kier alpha value is -2.25. The Labute approximate surface area is 153 Å². The van der Waals surface area contributed by atoms with Crippen molar-refractivity contribution in [3.8, 4) is 0 Å². The van der Waals surface area contributed by atoms with Crippen molar-refractivity contribution in [3.63, 3.8) is 0 Å². The second kappa shape index (κ2) is 9.14. The standard InChI is InChI=1S/C17H16BrN3O2S/c18-14-9-5-4-8-13(14)16(23)20-21-17(24)19-15(22)11-10-12-6-2-1-3-7-12/h1-9H,10-11H2,(H,20,23)(H2,19,21,22,24). The van der Waals surface area contributed by atoms with Crippen molar-refractivity contribution in [2.24, 2.45) is 0 Å². The van der Waals surface area contributed by atoms with Gasteiger partial charge in [-0.15, -0.1) is 0 Å². The smallest absolute Gasteiger partial charge is 0.270 e. The Morgan fingerprint density at radius 1 is 0.958 bits per heavy atom. The van der Waals surface area contributed by atoms with Gasteiger partial charge in [0.1, 0.15) is 0 Å². The van der Waals surface area contributed by atoms with Gasteiger partial charge in [-0.1, -0.05) is 42.5 Å². The average molecular weight is 406 g/mol. The first-order chi connectivity index (χ1) is 11.6. The third kappa shape index (κ3) is 5.75. The lowest BCUT2D eigenvalue weighted by atomic mass is 10.1. The second-order valence-electron chi connectivity index (χ2n) is 4.92. The predicted octanol–water partition coefficient (Wildman–Crippen LogP) is 2.72. The molecular formula is C17H16BrN3O2S. The number of carbonyl (C=O) groups is 2. The molecule has 0 aliphatic rings. The number of hydrogen-bond donors (Lipinski definition) is 3. The predicted molar refractivity (Wildman–Crippen MR) is 100 cm³/mol. The largest absolute Gasteiger partial charge is 0.302 e. The molecule has 124 valence electrons. The van der Waals surface area contributed by atoms with Crippen LogP contribution in [0.2, 0.25) is 0 Å². The minimum atomic E-state index is -0.358. The van der Waals surface area contributed by atoms with Crippen LogP contribution in [0.4, 0.5) is 0 Å². The zero-order valence-electron chi connectivity index (χ0n) is 12.7. The van der Waals surface area contributed by atoms with Gasteiger partial charge in [0, 0.05) is 10.9 Å². The lowest BCUT2D eigenvalue weighted by Crippen LogP contribution is -2.48. The van der Waals surface area contributed by atoms with E-state index in [1.165, 1.54) is 0 Å². The molecule has 0 saturated heterocycles. The van der Waals surface area contributed by atoms with E-state index in [2.05, 4.69) is 32.1 Å². The van der Waals surface area contributed by atoms with Crippen LogP contribution in [0.5, 0.6) is 0 Å². The van der Waals surface area contributed by atoms with E-state index in [0.29, 0.717) is 22.9 Å². The molecule has 5 nitrogen and oxygen atoms in total. The molecule has 2 rings (SSSR count). The van der Waals surface area contributed by atoms with E-state index in [4.69, 9.17) is 12.2 Å². The van der Waals surface area contributed by atoms with Gasteiger partial charge in [-0.25, -0.2) is 0 Å². The number of thiocarbonyl (C=S) groups is 1. The molecule has 0 aliphatic carbocycles. The molecule has 0 atom stereocenters. The van der Waals surface area contributed by atoms with E-state index >= 15 is 0 Å². The lowest BCUT2D eigenvalue weighted by molar-refractivity contribution is -0.119. The molecule has 0 aromatic heterocycles. The minimum Gasteiger partial charge on any atom is -0.302 e. The van der Waals surface area contributed by atoms with Crippen LogP contribution in [-0.4, -0.2) is 16.9 Å². The van der Waals surface area contributed by atoms with Gasteiger partial charge < -0.3 is 5.32 Å². The highest BCUT2D eigenvalue weighted by Crippen LogP contribution is 2.15. The van der Waals surface area contributed by atoms with Crippen LogP contribution in [0.1, 0.15) is 22.3 Å². The Balaban J connectivity index is 1.74. The molecule has 2 aromatic rings. The number of hydrogen-bond acceptors (Lipinski definition) is 3. The molecule has 0 aliphatic heterocycles. The lowest BCUT2D eigenvalue weighted by Gasteiger charge is -2.11. The highest BCUT2D eigenvalue weighted by Gasteiger charge is 2.10. The summed E-state index contributed by atoms with van der Waals surface area (Å²) in [6, 6.07) is 16.7. The summed E-state index contributed by atoms with van der Waals surface area (Å²) in [5.74, 6) is -0.574. The average Bonchev–Trinajstić information content (AvgIpc) is 2.59. The minimum absolute atomic E-state index is 0.0495. The van der Waals surface area contributed by atoms with Gasteiger partial charge in [-0.3, -0.25) is 20.4 Å². The van der Waals surface area contributed by atoms with E-state index in [-0.39, 0.29) is 16.9 Å². The maximum absolute atomic E-state index is 12.0. The van der Waals surface area contributed by atoms with E-state index in [1.807, 2.05) is 36.4 Å². The fourth-order valence-electron chi connectivity index (χ4n) is 1.95. The van der Waals surface area contributed by atoms with Crippen molar-refractivity contribution in [1.82, 2.24) is 16.2 Å². The summed E-state index contributed by atoms with van der Waals surface area (Å²) in [4.78, 5) is 23.8. The van der Waals surface area contributed by atoms with Gasteiger partial charge in [0.25, 0.3) is 5.91 Å². The van der Waals surface area contributed by atoms with Crippen LogP contribution >= 0.6 is 28.1 Å². The molecule has 2 amide bonds. The zero-order valence-corrected chi connectivity index (χ0v) is 15.1. The third-order valence-electron chi connectivity index (χ3n) is 3.14. The summed E-state index contributed by atoms with van der Waals surface area (Å²) in [6.45, 7) is 0.